The van der Waals surface area contributed by atoms with Gasteiger partial charge in [-0.05, 0) is 80.8 Å². The highest BCUT2D eigenvalue weighted by Crippen LogP contribution is 2.38. The van der Waals surface area contributed by atoms with E-state index in [1.165, 1.54) is 59.9 Å². The number of aryl methyl sites for hydroxylation is 1. The average Bonchev–Trinajstić information content (AvgIpc) is 3.27. The van der Waals surface area contributed by atoms with Gasteiger partial charge in [0.1, 0.15) is 0 Å². The van der Waals surface area contributed by atoms with Crippen LogP contribution in [-0.4, -0.2) is 4.57 Å². The van der Waals surface area contributed by atoms with Crippen molar-refractivity contribution in [1.82, 2.24) is 4.57 Å². The molecule has 0 aliphatic heterocycles. The predicted octanol–water partition coefficient (Wildman–Crippen LogP) is 10.8. The summed E-state index contributed by atoms with van der Waals surface area (Å²) in [4.78, 5) is 2.52. The van der Waals surface area contributed by atoms with Gasteiger partial charge in [0.05, 0.1) is 5.52 Å². The van der Waals surface area contributed by atoms with E-state index in [4.69, 9.17) is 0 Å². The maximum Gasteiger partial charge on any atom is 0.0538 e. The molecule has 0 amide bonds. The first-order chi connectivity index (χ1) is 20.1. The third-order valence-electron chi connectivity index (χ3n) is 7.87. The highest BCUT2D eigenvalue weighted by molar-refractivity contribution is 7.99. The first-order valence-electron chi connectivity index (χ1n) is 14.3. The molecule has 0 spiro atoms. The molecule has 0 radical (unpaired) electrons. The van der Waals surface area contributed by atoms with Crippen molar-refractivity contribution in [2.45, 2.75) is 42.9 Å². The first kappa shape index (κ1) is 26.9. The minimum atomic E-state index is 0.290. The van der Waals surface area contributed by atoms with Crippen LogP contribution >= 0.6 is 11.8 Å². The Kier molecular flexibility index (Phi) is 7.93. The molecule has 202 valence electrons. The van der Waals surface area contributed by atoms with Crippen LogP contribution in [0.25, 0.3) is 22.7 Å². The average molecular weight is 550 g/mol. The minimum absolute atomic E-state index is 0.290. The summed E-state index contributed by atoms with van der Waals surface area (Å²) in [7, 11) is 0. The third kappa shape index (κ3) is 5.94. The SMILES string of the molecule is C/C(=C\c1c(C)n(-c2ccccc2)c2ccc(Sc3cccc(C)c3)cc12)C(Cc1ccccc1)c1ccccc1. The molecule has 2 heteroatoms. The van der Waals surface area contributed by atoms with Crippen molar-refractivity contribution < 1.29 is 0 Å². The van der Waals surface area contributed by atoms with Gasteiger partial charge in [-0.1, -0.05) is 120 Å². The van der Waals surface area contributed by atoms with Gasteiger partial charge in [0.2, 0.25) is 0 Å². The zero-order valence-electron chi connectivity index (χ0n) is 23.9. The summed E-state index contributed by atoms with van der Waals surface area (Å²) in [5, 5.41) is 1.29. The van der Waals surface area contributed by atoms with Crippen molar-refractivity contribution in [2.75, 3.05) is 0 Å². The fourth-order valence-electron chi connectivity index (χ4n) is 5.80. The van der Waals surface area contributed by atoms with E-state index in [9.17, 15) is 0 Å². The van der Waals surface area contributed by atoms with Crippen LogP contribution in [0.1, 0.15) is 40.8 Å². The molecule has 0 N–H and O–H groups in total. The van der Waals surface area contributed by atoms with Gasteiger partial charge in [0.25, 0.3) is 0 Å². The fourth-order valence-corrected chi connectivity index (χ4v) is 6.77. The Morgan fingerprint density at radius 2 is 1.37 bits per heavy atom. The molecule has 0 saturated carbocycles. The molecule has 1 nitrogen and oxygen atoms in total. The van der Waals surface area contributed by atoms with E-state index in [1.54, 1.807) is 0 Å². The third-order valence-corrected chi connectivity index (χ3v) is 8.85. The van der Waals surface area contributed by atoms with Crippen molar-refractivity contribution in [2.24, 2.45) is 0 Å². The van der Waals surface area contributed by atoms with E-state index < -0.39 is 0 Å². The Morgan fingerprint density at radius 3 is 2.07 bits per heavy atom. The summed E-state index contributed by atoms with van der Waals surface area (Å²) in [6, 6.07) is 48.2. The lowest BCUT2D eigenvalue weighted by molar-refractivity contribution is 0.791. The zero-order chi connectivity index (χ0) is 28.2. The van der Waals surface area contributed by atoms with E-state index >= 15 is 0 Å². The van der Waals surface area contributed by atoms with Crippen molar-refractivity contribution >= 4 is 28.7 Å². The molecule has 1 unspecified atom stereocenters. The van der Waals surface area contributed by atoms with Crippen molar-refractivity contribution in [3.05, 3.63) is 167 Å². The van der Waals surface area contributed by atoms with E-state index in [0.29, 0.717) is 0 Å². The Hall–Kier alpha value is -4.27. The van der Waals surface area contributed by atoms with Gasteiger partial charge in [0, 0.05) is 38.0 Å². The topological polar surface area (TPSA) is 4.93 Å². The lowest BCUT2D eigenvalue weighted by Gasteiger charge is -2.19. The lowest BCUT2D eigenvalue weighted by atomic mass is 9.85. The first-order valence-corrected chi connectivity index (χ1v) is 15.1. The molecule has 6 rings (SSSR count). The zero-order valence-corrected chi connectivity index (χ0v) is 24.7. The number of para-hydroxylation sites is 1. The molecule has 1 atom stereocenters. The number of benzene rings is 5. The van der Waals surface area contributed by atoms with Crippen LogP contribution in [0.15, 0.2) is 149 Å². The van der Waals surface area contributed by atoms with Crippen molar-refractivity contribution in [3.63, 3.8) is 0 Å². The number of hydrogen-bond donors (Lipinski definition) is 0. The molecule has 0 aliphatic rings. The molecule has 0 bridgehead atoms. The van der Waals surface area contributed by atoms with Crippen LogP contribution in [0.4, 0.5) is 0 Å². The van der Waals surface area contributed by atoms with Crippen LogP contribution in [0, 0.1) is 13.8 Å². The highest BCUT2D eigenvalue weighted by atomic mass is 32.2. The molecule has 5 aromatic carbocycles. The summed E-state index contributed by atoms with van der Waals surface area (Å²) >= 11 is 1.83. The number of rotatable bonds is 8. The molecular weight excluding hydrogens is 515 g/mol. The molecule has 0 saturated heterocycles. The van der Waals surface area contributed by atoms with E-state index in [-0.39, 0.29) is 5.92 Å². The second-order valence-corrected chi connectivity index (χ2v) is 12.0. The van der Waals surface area contributed by atoms with Gasteiger partial charge in [-0.15, -0.1) is 0 Å². The quantitative estimate of drug-likeness (QED) is 0.183. The smallest absolute Gasteiger partial charge is 0.0538 e. The van der Waals surface area contributed by atoms with Crippen LogP contribution in [0.3, 0.4) is 0 Å². The van der Waals surface area contributed by atoms with Gasteiger partial charge < -0.3 is 4.57 Å². The largest absolute Gasteiger partial charge is 0.313 e. The molecule has 1 heterocycles. The molecular formula is C39H35NS. The molecule has 0 aliphatic carbocycles. The van der Waals surface area contributed by atoms with E-state index in [1.807, 2.05) is 11.8 Å². The van der Waals surface area contributed by atoms with Crippen LogP contribution in [0.2, 0.25) is 0 Å². The van der Waals surface area contributed by atoms with Crippen LogP contribution in [-0.2, 0) is 6.42 Å². The normalized spacial score (nSPS) is 12.5. The summed E-state index contributed by atoms with van der Waals surface area (Å²) in [5.41, 5.74) is 10.3. The van der Waals surface area contributed by atoms with Crippen LogP contribution < -0.4 is 0 Å². The van der Waals surface area contributed by atoms with Gasteiger partial charge in [-0.25, -0.2) is 0 Å². The van der Waals surface area contributed by atoms with Crippen molar-refractivity contribution in [3.8, 4) is 5.69 Å². The molecule has 41 heavy (non-hydrogen) atoms. The van der Waals surface area contributed by atoms with E-state index in [0.717, 1.165) is 6.42 Å². The van der Waals surface area contributed by atoms with Crippen molar-refractivity contribution in [1.29, 1.82) is 0 Å². The van der Waals surface area contributed by atoms with E-state index in [2.05, 4.69) is 165 Å². The number of nitrogens with zero attached hydrogens (tertiary/aromatic N) is 1. The summed E-state index contributed by atoms with van der Waals surface area (Å²) in [5.74, 6) is 0.290. The lowest BCUT2D eigenvalue weighted by Crippen LogP contribution is -2.05. The van der Waals surface area contributed by atoms with Gasteiger partial charge in [-0.2, -0.15) is 0 Å². The molecule has 1 aromatic heterocycles. The Bertz CT molecular complexity index is 1800. The molecule has 0 fully saturated rings. The number of hydrogen-bond acceptors (Lipinski definition) is 1. The Morgan fingerprint density at radius 1 is 0.707 bits per heavy atom. The predicted molar refractivity (Wildman–Crippen MR) is 176 cm³/mol. The fraction of sp³-hybridized carbons (Fsp3) is 0.128. The maximum absolute atomic E-state index is 2.44. The number of allylic oxidation sites excluding steroid dienone is 1. The van der Waals surface area contributed by atoms with Gasteiger partial charge in [-0.3, -0.25) is 0 Å². The molecule has 6 aromatic rings. The minimum Gasteiger partial charge on any atom is -0.313 e. The van der Waals surface area contributed by atoms with Gasteiger partial charge in [0.15, 0.2) is 0 Å². The summed E-state index contributed by atoms with van der Waals surface area (Å²) < 4.78 is 2.41. The Labute approximate surface area is 248 Å². The summed E-state index contributed by atoms with van der Waals surface area (Å²) in [6.07, 6.45) is 3.41. The maximum atomic E-state index is 2.44. The Balaban J connectivity index is 1.49. The number of fused-ring (bicyclic) bond motifs is 1. The number of aromatic nitrogens is 1. The monoisotopic (exact) mass is 549 g/mol. The standard InChI is InChI=1S/C39H35NS/c1-28-14-13-21-34(24-28)41-35-22-23-39-38(27-35)37(30(3)40(39)33-19-11-6-12-20-33)25-29(2)36(32-17-9-5-10-18-32)26-31-15-7-4-8-16-31/h4-25,27,36H,26H2,1-3H3/b29-25+. The summed E-state index contributed by atoms with van der Waals surface area (Å²) in [6.45, 7) is 6.71. The van der Waals surface area contributed by atoms with Crippen LogP contribution in [0.5, 0.6) is 0 Å². The second kappa shape index (κ2) is 12.1. The highest BCUT2D eigenvalue weighted by Gasteiger charge is 2.19. The van der Waals surface area contributed by atoms with Gasteiger partial charge >= 0.3 is 0 Å². The second-order valence-electron chi connectivity index (χ2n) is 10.8.